The first-order chi connectivity index (χ1) is 15.5. The molecule has 3 heteroatoms. The Hall–Kier alpha value is -2.80. The van der Waals surface area contributed by atoms with Crippen LogP contribution in [0, 0.1) is 0 Å². The van der Waals surface area contributed by atoms with Gasteiger partial charge >= 0.3 is 0 Å². The van der Waals surface area contributed by atoms with Crippen LogP contribution in [0.2, 0.25) is 0 Å². The van der Waals surface area contributed by atoms with E-state index in [9.17, 15) is 0 Å². The molecule has 0 amide bonds. The van der Waals surface area contributed by atoms with Crippen LogP contribution in [-0.2, 0) is 6.16 Å². The summed E-state index contributed by atoms with van der Waals surface area (Å²) < 4.78 is 7.99. The van der Waals surface area contributed by atoms with Crippen LogP contribution in [0.3, 0.4) is 0 Å². The monoisotopic (exact) mass is 452 g/mol. The minimum Gasteiger partial charge on any atom is -0.135 e. The molecular weight excluding hydrogens is 425 g/mol. The number of hydrogen-bond donors (Lipinski definition) is 0. The van der Waals surface area contributed by atoms with Gasteiger partial charge in [-0.05, 0) is 37.6 Å². The maximum absolute atomic E-state index is 5.27. The van der Waals surface area contributed by atoms with Gasteiger partial charge in [0.1, 0.15) is 11.5 Å². The second-order valence-corrected chi connectivity index (χ2v) is 12.9. The van der Waals surface area contributed by atoms with Crippen LogP contribution >= 0.6 is 18.7 Å². The molecule has 158 valence electrons. The molecule has 0 saturated carbocycles. The predicted octanol–water partition coefficient (Wildman–Crippen LogP) is 8.41. The van der Waals surface area contributed by atoms with Crippen molar-refractivity contribution in [2.45, 2.75) is 20.0 Å². The van der Waals surface area contributed by atoms with Crippen molar-refractivity contribution in [3.63, 3.8) is 0 Å². The van der Waals surface area contributed by atoms with Crippen LogP contribution in [0.1, 0.15) is 30.5 Å². The minimum absolute atomic E-state index is 0.983. The van der Waals surface area contributed by atoms with E-state index in [1.54, 1.807) is 0 Å². The third-order valence-electron chi connectivity index (χ3n) is 6.28. The second kappa shape index (κ2) is 8.28. The summed E-state index contributed by atoms with van der Waals surface area (Å²) in [6.45, 7) is 10.6. The molecule has 0 saturated heterocycles. The van der Waals surface area contributed by atoms with Crippen molar-refractivity contribution in [3.8, 4) is 0 Å². The van der Waals surface area contributed by atoms with E-state index >= 15 is 0 Å². The zero-order chi connectivity index (χ0) is 22.3. The molecule has 1 aromatic heterocycles. The van der Waals surface area contributed by atoms with Crippen molar-refractivity contribution in [1.82, 2.24) is 0 Å². The molecule has 1 nitrogen and oxygen atoms in total. The first-order valence-corrected chi connectivity index (χ1v) is 14.1. The zero-order valence-electron chi connectivity index (χ0n) is 18.8. The molecule has 1 atom stereocenters. The van der Waals surface area contributed by atoms with Crippen molar-refractivity contribution >= 4 is 55.5 Å². The third-order valence-corrected chi connectivity index (χ3v) is 10.6. The number of rotatable bonds is 5. The lowest BCUT2D eigenvalue weighted by atomic mass is 9.98. The Morgan fingerprint density at radius 3 is 2.62 bits per heavy atom. The lowest BCUT2D eigenvalue weighted by Gasteiger charge is -2.18. The average Bonchev–Trinajstić information content (AvgIpc) is 3.28. The quantitative estimate of drug-likeness (QED) is 0.213. The predicted molar refractivity (Wildman–Crippen MR) is 147 cm³/mol. The van der Waals surface area contributed by atoms with E-state index in [-0.39, 0.29) is 0 Å². The molecule has 1 aliphatic rings. The van der Waals surface area contributed by atoms with E-state index in [4.69, 9.17) is 4.76 Å². The highest BCUT2D eigenvalue weighted by atomic mass is 32.1. The average molecular weight is 453 g/mol. The van der Waals surface area contributed by atoms with Gasteiger partial charge in [0.05, 0.1) is 12.4 Å². The molecule has 4 aromatic rings. The molecule has 0 aliphatic carbocycles. The normalized spacial score (nSPS) is 18.5. The van der Waals surface area contributed by atoms with Crippen molar-refractivity contribution in [3.05, 3.63) is 108 Å². The van der Waals surface area contributed by atoms with Crippen molar-refractivity contribution in [1.29, 1.82) is 0 Å². The highest BCUT2D eigenvalue weighted by Crippen LogP contribution is 2.63. The van der Waals surface area contributed by atoms with Gasteiger partial charge in [0.2, 0.25) is 0 Å². The van der Waals surface area contributed by atoms with E-state index in [1.807, 2.05) is 23.5 Å². The summed E-state index contributed by atoms with van der Waals surface area (Å²) in [5.41, 5.74) is 6.57. The smallest absolute Gasteiger partial charge is 0.135 e. The Balaban J connectivity index is 1.72. The largest absolute Gasteiger partial charge is 0.167 e. The molecule has 0 fully saturated rings. The van der Waals surface area contributed by atoms with Gasteiger partial charge < -0.3 is 0 Å². The Morgan fingerprint density at radius 2 is 1.78 bits per heavy atom. The molecule has 3 aromatic carbocycles. The molecule has 0 spiro atoms. The fraction of sp³-hybridized carbons (Fsp3) is 0.138. The van der Waals surface area contributed by atoms with Crippen LogP contribution in [0.25, 0.3) is 25.7 Å². The molecule has 1 unspecified atom stereocenters. The lowest BCUT2D eigenvalue weighted by molar-refractivity contribution is 1.36. The van der Waals surface area contributed by atoms with Gasteiger partial charge in [-0.25, -0.2) is 0 Å². The van der Waals surface area contributed by atoms with E-state index in [0.29, 0.717) is 0 Å². The Bertz CT molecular complexity index is 1450. The first kappa shape index (κ1) is 21.1. The van der Waals surface area contributed by atoms with Gasteiger partial charge in [-0.3, -0.25) is 0 Å². The standard InChI is InChI=1S/C29H27NPS/c1-5-6-7-12-20(2)28-22(17-18-25-24-14-9-11-16-27(24)32-29(25)28)19-31(4)26-15-10-8-13-23(26)21(3)30-31/h5-18H,1,19H2,2-4H3/q+1/b7-6-,20-12+. The summed E-state index contributed by atoms with van der Waals surface area (Å²) >= 11 is 1.90. The highest BCUT2D eigenvalue weighted by molar-refractivity contribution is 7.81. The summed E-state index contributed by atoms with van der Waals surface area (Å²) in [6, 6.07) is 22.2. The molecule has 5 rings (SSSR count). The van der Waals surface area contributed by atoms with Crippen LogP contribution < -0.4 is 5.30 Å². The third kappa shape index (κ3) is 3.48. The summed E-state index contributed by atoms with van der Waals surface area (Å²) in [5, 5.41) is 4.13. The minimum atomic E-state index is -1.67. The molecule has 2 heterocycles. The SMILES string of the molecule is C=C/C=C\C=C(/C)c1c(C[P+]2(C)N=C(C)c3ccccc32)ccc2c1sc1ccccc12. The van der Waals surface area contributed by atoms with Crippen LogP contribution in [0.15, 0.2) is 96.3 Å². The van der Waals surface area contributed by atoms with Crippen molar-refractivity contribution in [2.24, 2.45) is 4.76 Å². The van der Waals surface area contributed by atoms with E-state index in [0.717, 1.165) is 6.16 Å². The topological polar surface area (TPSA) is 12.4 Å². The summed E-state index contributed by atoms with van der Waals surface area (Å²) in [7, 11) is -1.67. The number of hydrogen-bond acceptors (Lipinski definition) is 2. The highest BCUT2D eigenvalue weighted by Gasteiger charge is 2.43. The van der Waals surface area contributed by atoms with Gasteiger partial charge in [0, 0.05) is 36.9 Å². The Labute approximate surface area is 194 Å². The molecule has 0 bridgehead atoms. The number of thiophene rings is 1. The second-order valence-electron chi connectivity index (χ2n) is 8.54. The van der Waals surface area contributed by atoms with Crippen molar-refractivity contribution in [2.75, 3.05) is 6.66 Å². The first-order valence-electron chi connectivity index (χ1n) is 10.9. The molecule has 0 N–H and O–H groups in total. The van der Waals surface area contributed by atoms with E-state index in [1.165, 1.54) is 53.5 Å². The number of fused-ring (bicyclic) bond motifs is 4. The van der Waals surface area contributed by atoms with E-state index in [2.05, 4.69) is 99.9 Å². The Kier molecular flexibility index (Phi) is 5.45. The summed E-state index contributed by atoms with van der Waals surface area (Å²) in [6.07, 6.45) is 9.09. The number of allylic oxidation sites excluding steroid dienone is 5. The molecule has 32 heavy (non-hydrogen) atoms. The maximum Gasteiger partial charge on any atom is 0.167 e. The van der Waals surface area contributed by atoms with Crippen molar-refractivity contribution < 1.29 is 0 Å². The summed E-state index contributed by atoms with van der Waals surface area (Å²) in [4.78, 5) is 0. The van der Waals surface area contributed by atoms with E-state index < -0.39 is 7.41 Å². The molecular formula is C29H27NPS+. The van der Waals surface area contributed by atoms with Gasteiger partial charge in [0.15, 0.2) is 7.41 Å². The fourth-order valence-corrected chi connectivity index (χ4v) is 9.39. The van der Waals surface area contributed by atoms with Gasteiger partial charge in [-0.1, -0.05) is 73.3 Å². The van der Waals surface area contributed by atoms with Crippen LogP contribution in [0.4, 0.5) is 0 Å². The van der Waals surface area contributed by atoms with Gasteiger partial charge in [0.25, 0.3) is 0 Å². The number of nitrogens with zero attached hydrogens (tertiary/aromatic N) is 1. The Morgan fingerprint density at radius 1 is 1.00 bits per heavy atom. The lowest BCUT2D eigenvalue weighted by Crippen LogP contribution is -2.11. The zero-order valence-corrected chi connectivity index (χ0v) is 20.5. The summed E-state index contributed by atoms with van der Waals surface area (Å²) in [5.74, 6) is 0. The van der Waals surface area contributed by atoms with Crippen LogP contribution in [-0.4, -0.2) is 12.4 Å². The number of benzene rings is 3. The molecule has 1 aliphatic heterocycles. The van der Waals surface area contributed by atoms with Crippen LogP contribution in [0.5, 0.6) is 0 Å². The van der Waals surface area contributed by atoms with Gasteiger partial charge in [-0.2, -0.15) is 0 Å². The molecule has 0 radical (unpaired) electrons. The maximum atomic E-state index is 5.27. The fourth-order valence-electron chi connectivity index (χ4n) is 4.85. The van der Waals surface area contributed by atoms with Gasteiger partial charge in [-0.15, -0.1) is 16.1 Å².